The maximum absolute atomic E-state index is 4.31. The van der Waals surface area contributed by atoms with Crippen molar-refractivity contribution < 1.29 is 0 Å². The van der Waals surface area contributed by atoms with Crippen LogP contribution in [0.25, 0.3) is 11.0 Å². The molecule has 3 rings (SSSR count). The fraction of sp³-hybridized carbons (Fsp3) is 0.222. The quantitative estimate of drug-likeness (QED) is 0.642. The highest BCUT2D eigenvalue weighted by Gasteiger charge is 2.10. The predicted molar refractivity (Wildman–Crippen MR) is 53.2 cm³/mol. The first kappa shape index (κ1) is 7.49. The molecule has 0 spiro atoms. The fourth-order valence-corrected chi connectivity index (χ4v) is 1.47. The number of benzene rings is 1. The molecule has 5 nitrogen and oxygen atoms in total. The number of nitrogens with one attached hydrogen (secondary N) is 1. The number of nitrogens with zero attached hydrogens (tertiary/aromatic N) is 4. The second-order valence-electron chi connectivity index (χ2n) is 3.11. The minimum Gasteiger partial charge on any atom is -0.351 e. The molecular formula is C9H9N5. The van der Waals surface area contributed by atoms with E-state index in [0.717, 1.165) is 30.1 Å². The molecule has 1 aromatic carbocycles. The Morgan fingerprint density at radius 1 is 1.14 bits per heavy atom. The van der Waals surface area contributed by atoms with Crippen LogP contribution in [0.15, 0.2) is 29.3 Å². The summed E-state index contributed by atoms with van der Waals surface area (Å²) in [5.41, 5.74) is 1.79. The number of aliphatic imine (C=N–C) groups is 1. The first-order valence-electron chi connectivity index (χ1n) is 4.54. The highest BCUT2D eigenvalue weighted by molar-refractivity contribution is 5.84. The Balaban J connectivity index is 2.14. The minimum atomic E-state index is 0.737. The molecule has 0 aliphatic carbocycles. The van der Waals surface area contributed by atoms with E-state index in [1.165, 1.54) is 0 Å². The van der Waals surface area contributed by atoms with Gasteiger partial charge in [-0.1, -0.05) is 12.1 Å². The molecule has 0 fully saturated rings. The van der Waals surface area contributed by atoms with Gasteiger partial charge in [-0.3, -0.25) is 0 Å². The first-order chi connectivity index (χ1) is 6.93. The molecule has 0 saturated heterocycles. The molecule has 2 aromatic rings. The summed E-state index contributed by atoms with van der Waals surface area (Å²) in [4.78, 5) is 5.80. The molecule has 1 aliphatic rings. The molecule has 0 radical (unpaired) electrons. The molecule has 1 aliphatic heterocycles. The largest absolute Gasteiger partial charge is 0.351 e. The molecule has 0 atom stereocenters. The Bertz CT molecular complexity index is 466. The van der Waals surface area contributed by atoms with E-state index >= 15 is 0 Å². The summed E-state index contributed by atoms with van der Waals surface area (Å²) < 4.78 is 0. The predicted octanol–water partition coefficient (Wildman–Crippen LogP) is 0.239. The third-order valence-electron chi connectivity index (χ3n) is 2.13. The molecule has 5 heteroatoms. The molecule has 14 heavy (non-hydrogen) atoms. The van der Waals surface area contributed by atoms with E-state index < -0.39 is 0 Å². The molecular weight excluding hydrogens is 178 g/mol. The average Bonchev–Trinajstić information content (AvgIpc) is 2.86. The van der Waals surface area contributed by atoms with Gasteiger partial charge in [-0.15, -0.1) is 15.0 Å². The van der Waals surface area contributed by atoms with E-state index in [4.69, 9.17) is 0 Å². The van der Waals surface area contributed by atoms with Crippen LogP contribution in [0.4, 0.5) is 0 Å². The van der Waals surface area contributed by atoms with E-state index in [-0.39, 0.29) is 0 Å². The van der Waals surface area contributed by atoms with Crippen LogP contribution in [0.1, 0.15) is 0 Å². The maximum Gasteiger partial charge on any atom is 0.238 e. The Morgan fingerprint density at radius 3 is 2.43 bits per heavy atom. The zero-order valence-corrected chi connectivity index (χ0v) is 7.51. The molecule has 0 unspecified atom stereocenters. The minimum absolute atomic E-state index is 0.737. The number of fused-ring (bicyclic) bond motifs is 1. The van der Waals surface area contributed by atoms with Gasteiger partial charge in [0.15, 0.2) is 0 Å². The van der Waals surface area contributed by atoms with Gasteiger partial charge in [-0.2, -0.15) is 0 Å². The van der Waals surface area contributed by atoms with E-state index in [1.807, 2.05) is 24.3 Å². The number of rotatable bonds is 0. The van der Waals surface area contributed by atoms with Crippen LogP contribution in [0.5, 0.6) is 0 Å². The molecule has 0 bridgehead atoms. The molecule has 70 valence electrons. The zero-order valence-electron chi connectivity index (χ0n) is 7.51. The van der Waals surface area contributed by atoms with Crippen LogP contribution in [0.2, 0.25) is 0 Å². The van der Waals surface area contributed by atoms with Crippen molar-refractivity contribution >= 4 is 17.0 Å². The third-order valence-corrected chi connectivity index (χ3v) is 2.13. The average molecular weight is 187 g/mol. The van der Waals surface area contributed by atoms with Gasteiger partial charge in [-0.25, -0.2) is 4.99 Å². The Labute approximate surface area is 80.4 Å². The van der Waals surface area contributed by atoms with E-state index in [9.17, 15) is 0 Å². The summed E-state index contributed by atoms with van der Waals surface area (Å²) in [6, 6.07) is 7.78. The normalized spacial score (nSPS) is 15.6. The van der Waals surface area contributed by atoms with Crippen LogP contribution in [-0.2, 0) is 0 Å². The first-order valence-corrected chi connectivity index (χ1v) is 4.54. The Hall–Kier alpha value is -1.91. The Morgan fingerprint density at radius 2 is 1.86 bits per heavy atom. The van der Waals surface area contributed by atoms with Gasteiger partial charge in [0.25, 0.3) is 0 Å². The summed E-state index contributed by atoms with van der Waals surface area (Å²) in [6.07, 6.45) is 0. The second-order valence-corrected chi connectivity index (χ2v) is 3.11. The highest BCUT2D eigenvalue weighted by Crippen LogP contribution is 2.06. The number of hydrogen-bond acceptors (Lipinski definition) is 4. The van der Waals surface area contributed by atoms with Crippen LogP contribution in [-0.4, -0.2) is 34.0 Å². The number of aromatic nitrogens is 3. The van der Waals surface area contributed by atoms with Crippen molar-refractivity contribution in [1.82, 2.24) is 20.3 Å². The molecule has 1 aromatic heterocycles. The summed E-state index contributed by atoms with van der Waals surface area (Å²) in [5.74, 6) is 0.737. The Kier molecular flexibility index (Phi) is 1.50. The topological polar surface area (TPSA) is 55.1 Å². The fourth-order valence-electron chi connectivity index (χ4n) is 1.47. The van der Waals surface area contributed by atoms with Crippen molar-refractivity contribution in [2.45, 2.75) is 0 Å². The molecule has 1 N–H and O–H groups in total. The summed E-state index contributed by atoms with van der Waals surface area (Å²) >= 11 is 0. The van der Waals surface area contributed by atoms with E-state index in [1.54, 1.807) is 4.80 Å². The van der Waals surface area contributed by atoms with Crippen molar-refractivity contribution in [2.75, 3.05) is 13.1 Å². The lowest BCUT2D eigenvalue weighted by Crippen LogP contribution is -2.27. The molecule has 0 saturated carbocycles. The summed E-state index contributed by atoms with van der Waals surface area (Å²) in [6.45, 7) is 1.67. The second kappa shape index (κ2) is 2.80. The molecule has 2 heterocycles. The van der Waals surface area contributed by atoms with Gasteiger partial charge in [0.05, 0.1) is 6.54 Å². The van der Waals surface area contributed by atoms with Crippen LogP contribution >= 0.6 is 0 Å². The van der Waals surface area contributed by atoms with Crippen LogP contribution in [0, 0.1) is 0 Å². The summed E-state index contributed by atoms with van der Waals surface area (Å²) in [5, 5.41) is 11.7. The number of hydrogen-bond donors (Lipinski definition) is 1. The van der Waals surface area contributed by atoms with Gasteiger partial charge >= 0.3 is 0 Å². The van der Waals surface area contributed by atoms with Crippen LogP contribution in [0.3, 0.4) is 0 Å². The van der Waals surface area contributed by atoms with Crippen molar-refractivity contribution in [3.8, 4) is 0 Å². The highest BCUT2D eigenvalue weighted by atomic mass is 15.5. The van der Waals surface area contributed by atoms with Crippen LogP contribution < -0.4 is 5.32 Å². The monoisotopic (exact) mass is 187 g/mol. The maximum atomic E-state index is 4.31. The summed E-state index contributed by atoms with van der Waals surface area (Å²) in [7, 11) is 0. The smallest absolute Gasteiger partial charge is 0.238 e. The molecule has 0 amide bonds. The van der Waals surface area contributed by atoms with Gasteiger partial charge in [-0.05, 0) is 12.1 Å². The van der Waals surface area contributed by atoms with Gasteiger partial charge in [0.2, 0.25) is 5.96 Å². The SMILES string of the molecule is c1ccc2nn(C3=NCCN3)nc2c1. The van der Waals surface area contributed by atoms with E-state index in [0.29, 0.717) is 0 Å². The lowest BCUT2D eigenvalue weighted by molar-refractivity contribution is 0.781. The van der Waals surface area contributed by atoms with Gasteiger partial charge in [0, 0.05) is 6.54 Å². The van der Waals surface area contributed by atoms with Gasteiger partial charge in [0.1, 0.15) is 11.0 Å². The van der Waals surface area contributed by atoms with Crippen molar-refractivity contribution in [2.24, 2.45) is 4.99 Å². The van der Waals surface area contributed by atoms with Crippen molar-refractivity contribution in [3.05, 3.63) is 24.3 Å². The lowest BCUT2D eigenvalue weighted by atomic mass is 10.3. The standard InChI is InChI=1S/C9H9N5/c1-2-4-8-7(3-1)12-14(13-8)9-10-5-6-11-9/h1-4H,5-6H2,(H,10,11). The third kappa shape index (κ3) is 1.06. The van der Waals surface area contributed by atoms with E-state index in [2.05, 4.69) is 20.5 Å². The van der Waals surface area contributed by atoms with Crippen molar-refractivity contribution in [1.29, 1.82) is 0 Å². The van der Waals surface area contributed by atoms with Gasteiger partial charge < -0.3 is 5.32 Å². The van der Waals surface area contributed by atoms with Crippen molar-refractivity contribution in [3.63, 3.8) is 0 Å². The zero-order chi connectivity index (χ0) is 9.38. The lowest BCUT2D eigenvalue weighted by Gasteiger charge is -1.96.